The van der Waals surface area contributed by atoms with Gasteiger partial charge in [-0.3, -0.25) is 19.8 Å². The van der Waals surface area contributed by atoms with Gasteiger partial charge in [-0.1, -0.05) is 38.1 Å². The van der Waals surface area contributed by atoms with E-state index in [1.54, 1.807) is 24.4 Å². The Kier molecular flexibility index (Phi) is 12.9. The summed E-state index contributed by atoms with van der Waals surface area (Å²) < 4.78 is 55.1. The summed E-state index contributed by atoms with van der Waals surface area (Å²) in [6.45, 7) is 10.2. The first-order valence-electron chi connectivity index (χ1n) is 25.8. The molecule has 6 aliphatic rings. The first kappa shape index (κ1) is 48.3. The summed E-state index contributed by atoms with van der Waals surface area (Å²) >= 11 is 0. The minimum Gasteiger partial charge on any atom is -0.489 e. The molecule has 3 atom stereocenters. The quantitative estimate of drug-likeness (QED) is 0.0640. The summed E-state index contributed by atoms with van der Waals surface area (Å²) in [4.78, 5) is 38.7. The van der Waals surface area contributed by atoms with Crippen molar-refractivity contribution in [3.05, 3.63) is 99.7 Å². The van der Waals surface area contributed by atoms with E-state index in [-0.39, 0.29) is 64.5 Å². The van der Waals surface area contributed by atoms with E-state index in [4.69, 9.17) is 23.9 Å². The zero-order valence-corrected chi connectivity index (χ0v) is 42.0. The summed E-state index contributed by atoms with van der Waals surface area (Å²) in [5, 5.41) is 27.0. The number of nitro benzene ring substituents is 1. The predicted molar refractivity (Wildman–Crippen MR) is 272 cm³/mol. The molecule has 18 heteroatoms. The maximum absolute atomic E-state index is 14.4. The smallest absolute Gasteiger partial charge is 0.297 e. The second-order valence-corrected chi connectivity index (χ2v) is 23.4. The lowest BCUT2D eigenvalue weighted by atomic mass is 9.59. The third kappa shape index (κ3) is 9.58. The van der Waals surface area contributed by atoms with Crippen LogP contribution >= 0.6 is 0 Å². The van der Waals surface area contributed by atoms with Gasteiger partial charge in [-0.15, -0.1) is 0 Å². The van der Waals surface area contributed by atoms with Crippen molar-refractivity contribution in [2.45, 2.75) is 132 Å². The van der Waals surface area contributed by atoms with Crippen molar-refractivity contribution >= 4 is 44.0 Å². The Balaban J connectivity index is 0.842. The van der Waals surface area contributed by atoms with Crippen LogP contribution in [0.1, 0.15) is 125 Å². The molecule has 5 aromatic rings. The number of aliphatic hydroxyl groups is 1. The largest absolute Gasteiger partial charge is 0.489 e. The summed E-state index contributed by atoms with van der Waals surface area (Å²) in [6, 6.07) is 20.6. The third-order valence-corrected chi connectivity index (χ3v) is 17.9. The molecule has 17 nitrogen and oxygen atoms in total. The maximum Gasteiger partial charge on any atom is 0.297 e. The van der Waals surface area contributed by atoms with E-state index < -0.39 is 37.0 Å². The molecule has 2 aromatic heterocycles. The van der Waals surface area contributed by atoms with Crippen LogP contribution in [0.15, 0.2) is 77.8 Å². The molecule has 11 rings (SSSR count). The van der Waals surface area contributed by atoms with Gasteiger partial charge in [-0.05, 0) is 130 Å². The fraction of sp³-hybridized carbons (Fsp3) is 0.519. The van der Waals surface area contributed by atoms with E-state index in [1.807, 2.05) is 19.1 Å². The highest BCUT2D eigenvalue weighted by molar-refractivity contribution is 7.90. The lowest BCUT2D eigenvalue weighted by molar-refractivity contribution is -0.384. The number of nitrogens with zero attached hydrogens (tertiary/aromatic N) is 4. The van der Waals surface area contributed by atoms with Gasteiger partial charge in [0.1, 0.15) is 24.1 Å². The number of aromatic nitrogens is 2. The molecule has 4 aliphatic heterocycles. The molecule has 4 N–H and O–H groups in total. The van der Waals surface area contributed by atoms with Crippen LogP contribution in [0.3, 0.4) is 0 Å². The minimum absolute atomic E-state index is 0.00863. The van der Waals surface area contributed by atoms with Crippen LogP contribution in [0.5, 0.6) is 23.1 Å². The van der Waals surface area contributed by atoms with Gasteiger partial charge in [0, 0.05) is 67.1 Å². The fourth-order valence-corrected chi connectivity index (χ4v) is 13.4. The van der Waals surface area contributed by atoms with Gasteiger partial charge in [0.15, 0.2) is 17.2 Å². The van der Waals surface area contributed by atoms with Crippen molar-refractivity contribution in [3.63, 3.8) is 0 Å². The lowest BCUT2D eigenvalue weighted by Gasteiger charge is -2.56. The molecule has 0 bridgehead atoms. The highest BCUT2D eigenvalue weighted by Crippen LogP contribution is 2.55. The zero-order valence-electron chi connectivity index (χ0n) is 41.2. The molecule has 3 saturated heterocycles. The average Bonchev–Trinajstić information content (AvgIpc) is 4.16. The summed E-state index contributed by atoms with van der Waals surface area (Å²) in [5.41, 5.74) is 3.33. The van der Waals surface area contributed by atoms with E-state index in [2.05, 4.69) is 62.9 Å². The number of hydrogen-bond acceptors (Lipinski definition) is 14. The third-order valence-electron chi connectivity index (χ3n) is 16.5. The Bertz CT molecular complexity index is 2960. The van der Waals surface area contributed by atoms with E-state index in [9.17, 15) is 28.4 Å². The second-order valence-electron chi connectivity index (χ2n) is 21.7. The topological polar surface area (TPSA) is 211 Å². The Morgan fingerprint density at radius 1 is 0.972 bits per heavy atom. The van der Waals surface area contributed by atoms with E-state index in [0.29, 0.717) is 69.0 Å². The van der Waals surface area contributed by atoms with E-state index in [0.717, 1.165) is 49.6 Å². The Labute approximate surface area is 420 Å². The zero-order chi connectivity index (χ0) is 49.9. The normalized spacial score (nSPS) is 25.4. The molecule has 2 aliphatic carbocycles. The maximum atomic E-state index is 14.4. The Morgan fingerprint density at radius 3 is 2.51 bits per heavy atom. The van der Waals surface area contributed by atoms with Crippen LogP contribution in [-0.2, 0) is 14.8 Å². The van der Waals surface area contributed by atoms with Crippen molar-refractivity contribution in [2.24, 2.45) is 11.3 Å². The van der Waals surface area contributed by atoms with Crippen molar-refractivity contribution < 1.29 is 42.2 Å². The number of anilines is 2. The standard InChI is InChI=1S/C54H65N7O10S/c1-33(2)40-7-4-5-8-41(40)44-9-6-21-60(44)37-29-54(30-37)18-22-59(23-19-54)36-10-11-42(46(26-36)71-48-25-35-14-20-55-50(35)57-52(48)70-38-15-24-68-31-38)51(62)58-72(66,67)39-27-45(61(64)65)49-47(28-39)69-32-43(56-49)34-12-16-53(3,63)17-13-34/h4-5,7-8,10-11,14,20,25-28,33-34,37-38,43-44,56,63H,6,9,12-13,15-19,21-24,29-32H2,1-3H3,(H,55,57)(H,58,62)/t34-,38-,43+,44-,53-/m0/s1. The number of fused-ring (bicyclic) bond motifs is 2. The number of hydrogen-bond donors (Lipinski definition) is 4. The van der Waals surface area contributed by atoms with Gasteiger partial charge >= 0.3 is 0 Å². The number of rotatable bonds is 13. The monoisotopic (exact) mass is 1000 g/mol. The SMILES string of the molecule is CC(C)c1ccccc1[C@@H]1CCCN1C1CC2(CCN(c3ccc(C(=O)NS(=O)(=O)c4cc5c(c([N+](=O)[O-])c4)N[C@@H]([C@H]4CC[C@](C)(O)CC4)CO5)c(Oc4cc5cc[nH]c5nc4O[C@H]4CCOC4)c3)CC2)C1. The lowest BCUT2D eigenvalue weighted by Crippen LogP contribution is -2.54. The van der Waals surface area contributed by atoms with E-state index in [1.165, 1.54) is 42.9 Å². The van der Waals surface area contributed by atoms with Crippen LogP contribution in [0.25, 0.3) is 11.0 Å². The molecule has 1 spiro atoms. The van der Waals surface area contributed by atoms with Crippen LogP contribution in [0, 0.1) is 21.4 Å². The highest BCUT2D eigenvalue weighted by atomic mass is 32.2. The number of nitro groups is 1. The van der Waals surface area contributed by atoms with Crippen molar-refractivity contribution in [3.8, 4) is 23.1 Å². The number of carbonyl (C=O) groups excluding carboxylic acids is 1. The number of ether oxygens (including phenoxy) is 4. The van der Waals surface area contributed by atoms with Gasteiger partial charge in [-0.2, -0.15) is 4.98 Å². The summed E-state index contributed by atoms with van der Waals surface area (Å²) in [7, 11) is -4.72. The minimum atomic E-state index is -4.72. The van der Waals surface area contributed by atoms with Gasteiger partial charge in [0.2, 0.25) is 0 Å². The van der Waals surface area contributed by atoms with Crippen molar-refractivity contribution in [2.75, 3.05) is 49.7 Å². The highest BCUT2D eigenvalue weighted by Gasteiger charge is 2.50. The number of sulfonamides is 1. The number of H-pyrrole nitrogens is 1. The number of aromatic amines is 1. The Morgan fingerprint density at radius 2 is 1.76 bits per heavy atom. The number of likely N-dealkylation sites (tertiary alicyclic amines) is 1. The molecule has 3 aromatic carbocycles. The summed E-state index contributed by atoms with van der Waals surface area (Å²) in [5.74, 6) is 0.0550. The number of nitrogens with one attached hydrogen (secondary N) is 3. The second kappa shape index (κ2) is 19.1. The van der Waals surface area contributed by atoms with Crippen LogP contribution in [0.2, 0.25) is 0 Å². The number of piperidine rings is 1. The Hall–Kier alpha value is -5.95. The molecule has 382 valence electrons. The fourth-order valence-electron chi connectivity index (χ4n) is 12.4. The molecule has 1 amide bonds. The van der Waals surface area contributed by atoms with Gasteiger partial charge in [0.05, 0.1) is 40.2 Å². The van der Waals surface area contributed by atoms with Crippen LogP contribution in [-0.4, -0.2) is 102 Å². The molecule has 5 fully saturated rings. The number of pyridine rings is 1. The molecule has 0 radical (unpaired) electrons. The van der Waals surface area contributed by atoms with Crippen LogP contribution in [0.4, 0.5) is 17.1 Å². The molecule has 0 unspecified atom stereocenters. The molecular weight excluding hydrogens is 939 g/mol. The average molecular weight is 1000 g/mol. The number of amides is 1. The van der Waals surface area contributed by atoms with Gasteiger partial charge in [-0.25, -0.2) is 13.1 Å². The molecule has 72 heavy (non-hydrogen) atoms. The van der Waals surface area contributed by atoms with Crippen molar-refractivity contribution in [1.82, 2.24) is 19.6 Å². The molecule has 2 saturated carbocycles. The first-order valence-corrected chi connectivity index (χ1v) is 27.2. The number of benzene rings is 3. The van der Waals surface area contributed by atoms with Crippen molar-refractivity contribution in [1.29, 1.82) is 0 Å². The van der Waals surface area contributed by atoms with E-state index >= 15 is 0 Å². The molecular formula is C54H65N7O10S. The van der Waals surface area contributed by atoms with Gasteiger partial charge in [0.25, 0.3) is 27.5 Å². The molecule has 6 heterocycles. The first-order chi connectivity index (χ1) is 34.6. The predicted octanol–water partition coefficient (Wildman–Crippen LogP) is 9.37. The number of carbonyl (C=O) groups is 1. The van der Waals surface area contributed by atoms with Gasteiger partial charge < -0.3 is 39.3 Å². The summed E-state index contributed by atoms with van der Waals surface area (Å²) in [6.07, 6.45) is 11.5. The van der Waals surface area contributed by atoms with Crippen LogP contribution < -0.4 is 29.1 Å².